The number of methoxy groups -OCH3 is 2. The number of halogens is 6. The van der Waals surface area contributed by atoms with Gasteiger partial charge in [0, 0.05) is 30.4 Å². The molecule has 2 saturated heterocycles. The number of alkyl halides is 6. The number of carbonyl (C=O) groups excluding carboxylic acids is 6. The molecule has 4 fully saturated rings. The Morgan fingerprint density at radius 1 is 0.629 bits per heavy atom. The molecule has 0 unspecified atom stereocenters. The third kappa shape index (κ3) is 18.0. The van der Waals surface area contributed by atoms with Crippen LogP contribution < -0.4 is 36.6 Å². The minimum Gasteiger partial charge on any atom is -0.467 e. The number of amides is 4. The monoisotopic (exact) mass is 1390 g/mol. The highest BCUT2D eigenvalue weighted by Gasteiger charge is 2.63. The van der Waals surface area contributed by atoms with Gasteiger partial charge in [-0.3, -0.25) is 19.2 Å². The van der Waals surface area contributed by atoms with Gasteiger partial charge in [0.2, 0.25) is 23.6 Å². The van der Waals surface area contributed by atoms with E-state index >= 15 is 0 Å². The van der Waals surface area contributed by atoms with E-state index in [4.69, 9.17) is 34.7 Å². The van der Waals surface area contributed by atoms with E-state index in [1.165, 1.54) is 64.9 Å². The zero-order valence-electron chi connectivity index (χ0n) is 52.0. The number of esters is 2. The number of ether oxygens (including phenoxy) is 4. The summed E-state index contributed by atoms with van der Waals surface area (Å²) in [6.07, 6.45) is 6.86. The summed E-state index contributed by atoms with van der Waals surface area (Å²) in [7, 11) is 0.724. The van der Waals surface area contributed by atoms with Crippen LogP contribution in [0.2, 0.25) is 0 Å². The molecule has 2 aromatic heterocycles. The number of allylic oxidation sites excluding steroid dienone is 2. The predicted molar refractivity (Wildman–Crippen MR) is 356 cm³/mol. The number of nitrogens with one attached hydrogen (secondary N) is 3. The fourth-order valence-electron chi connectivity index (χ4n) is 12.5. The summed E-state index contributed by atoms with van der Waals surface area (Å²) in [5, 5.41) is 27.0. The molecular weight excluding hydrogens is 1310 g/mol. The molecule has 4 amide bonds. The van der Waals surface area contributed by atoms with E-state index in [1.54, 1.807) is 0 Å². The van der Waals surface area contributed by atoms with Crippen LogP contribution in [0.1, 0.15) is 116 Å². The van der Waals surface area contributed by atoms with E-state index in [0.717, 1.165) is 89.6 Å². The number of fused-ring (bicyclic) bond motifs is 6. The number of nitrogens with two attached hydrogens (primary N) is 1. The van der Waals surface area contributed by atoms with Gasteiger partial charge in [-0.2, -0.15) is 26.3 Å². The fourth-order valence-corrected chi connectivity index (χ4v) is 14.2. The maximum absolute atomic E-state index is 14.3. The van der Waals surface area contributed by atoms with Crippen molar-refractivity contribution in [1.82, 2.24) is 30.4 Å². The van der Waals surface area contributed by atoms with E-state index in [-0.39, 0.29) is 75.6 Å². The highest BCUT2D eigenvalue weighted by molar-refractivity contribution is 7.20. The summed E-state index contributed by atoms with van der Waals surface area (Å²) in [6, 6.07) is 20.6. The lowest BCUT2D eigenvalue weighted by atomic mass is 9.79. The molecule has 2 saturated carbocycles. The molecule has 522 valence electrons. The number of hydrogen-bond acceptors (Lipinski definition) is 18. The number of nitrogens with zero attached hydrogens (tertiary/aromatic N) is 4. The first-order valence-electron chi connectivity index (χ1n) is 31.4. The molecule has 29 heteroatoms. The Morgan fingerprint density at radius 2 is 1.09 bits per heavy atom. The lowest BCUT2D eigenvalue weighted by molar-refractivity contribution is -0.148. The lowest BCUT2D eigenvalue weighted by Gasteiger charge is -2.30. The molecule has 0 spiro atoms. The van der Waals surface area contributed by atoms with Crippen LogP contribution in [0.4, 0.5) is 32.0 Å². The first kappa shape index (κ1) is 74.7. The van der Waals surface area contributed by atoms with Gasteiger partial charge in [-0.05, 0) is 99.3 Å². The smallest absolute Gasteiger partial charge is 0.467 e. The molecule has 6 aromatic rings. The number of thiazole rings is 2. The Labute approximate surface area is 566 Å². The van der Waals surface area contributed by atoms with Crippen molar-refractivity contribution in [3.8, 4) is 10.4 Å². The zero-order chi connectivity index (χ0) is 67.8. The average molecular weight is 1390 g/mol. The van der Waals surface area contributed by atoms with E-state index in [0.29, 0.717) is 48.6 Å². The van der Waals surface area contributed by atoms with Crippen molar-refractivity contribution in [3.05, 3.63) is 132 Å². The number of benzene rings is 4. The van der Waals surface area contributed by atoms with Crippen LogP contribution in [0.3, 0.4) is 0 Å². The second-order valence-corrected chi connectivity index (χ2v) is 26.4. The van der Waals surface area contributed by atoms with Gasteiger partial charge in [-0.1, -0.05) is 142 Å². The largest absolute Gasteiger partial charge is 0.488 e. The van der Waals surface area contributed by atoms with Crippen LogP contribution in [0.5, 0.6) is 10.4 Å². The first-order chi connectivity index (χ1) is 45.4. The van der Waals surface area contributed by atoms with Gasteiger partial charge in [0.05, 0.1) is 64.9 Å². The van der Waals surface area contributed by atoms with Gasteiger partial charge in [0.25, 0.3) is 10.4 Å². The maximum Gasteiger partial charge on any atom is 0.488 e. The minimum atomic E-state index is -4.55. The number of anilines is 1. The molecule has 7 N–H and O–H groups in total. The quantitative estimate of drug-likeness (QED) is 0.0340. The van der Waals surface area contributed by atoms with Crippen molar-refractivity contribution in [2.45, 2.75) is 165 Å². The van der Waals surface area contributed by atoms with E-state index < -0.39 is 102 Å². The van der Waals surface area contributed by atoms with E-state index in [9.17, 15) is 55.1 Å². The Hall–Kier alpha value is -8.12. The highest BCUT2D eigenvalue weighted by Crippen LogP contribution is 2.48. The SMILES string of the molecule is C.C.COC(=O)[C@@]12C[C@H]1/C=C\CCCCC[C@H](N)C(=O)N1C[C@H](Oc3nc4ccccc4s3)C[C@H]1C(=O)N2.COC(=O)[C@@]12C[C@H]1/C=C\CCCCC[C@H](Nc1cccc(C(F)(F)F)c1)C(=O)N1C[C@H](Oc3nc4ccccc4s3)C[C@H]1C(=O)N2.OB(O)c1cccc(C(F)(F)F)c1. The fraction of sp³-hybridized carbons (Fsp3) is 0.471. The Balaban J connectivity index is 0.000000209. The standard InChI is InChI=1S/C33H35F3N4O5S.C26H32N4O5S.C7H6BF3O2.2CH4/c1-44-30(43)32-18-21(32)10-5-3-2-4-6-14-25(37-22-12-9-11-20(16-22)33(34,35)36)29(42)40-19-23(17-26(40)28(41)39-32)45-31-38-24-13-7-8-15-27(24)46-31;1-34-24(33)26-14-16(26)9-5-3-2-4-6-10-18(27)23(32)30-15-17(13-20(30)22(31)29-26)35-25-28-19-11-7-8-12-21(19)36-25;9-7(10,11)5-2-1-3-6(4-5)8(12)13;;/h5,7-13,15-16,21,23,25-26,37H,2-4,6,14,17-19H2,1H3,(H,39,41);5,7-9,11-12,16-18,20H,2-4,6,10,13-15,27H2,1H3,(H,29,31);1-4,12-13H;2*1H4/b10-5-;9-5-;;;/t21-,23-,25+,26+,32-;16-,17-,18+,20+,26-;;;/m11.../s1. The van der Waals surface area contributed by atoms with Crippen LogP contribution in [-0.4, -0.2) is 147 Å². The van der Waals surface area contributed by atoms with E-state index in [2.05, 4.69) is 32.0 Å². The van der Waals surface area contributed by atoms with Crippen molar-refractivity contribution in [1.29, 1.82) is 0 Å². The Morgan fingerprint density at radius 3 is 1.57 bits per heavy atom. The molecule has 97 heavy (non-hydrogen) atoms. The van der Waals surface area contributed by atoms with Gasteiger partial charge in [0.1, 0.15) is 41.4 Å². The maximum atomic E-state index is 14.3. The first-order valence-corrected chi connectivity index (χ1v) is 33.0. The van der Waals surface area contributed by atoms with Crippen molar-refractivity contribution in [3.63, 3.8) is 0 Å². The molecule has 4 aliphatic heterocycles. The van der Waals surface area contributed by atoms with Crippen LogP contribution >= 0.6 is 22.7 Å². The molecule has 6 aliphatic rings. The summed E-state index contributed by atoms with van der Waals surface area (Å²) in [6.45, 7) is 0.289. The van der Waals surface area contributed by atoms with Crippen LogP contribution in [0.15, 0.2) is 121 Å². The van der Waals surface area contributed by atoms with Gasteiger partial charge >= 0.3 is 31.4 Å². The van der Waals surface area contributed by atoms with Crippen molar-refractivity contribution < 1.29 is 84.1 Å². The molecule has 20 nitrogen and oxygen atoms in total. The number of rotatable bonds is 9. The zero-order valence-corrected chi connectivity index (χ0v) is 53.6. The summed E-state index contributed by atoms with van der Waals surface area (Å²) in [5.74, 6) is -2.98. The predicted octanol–water partition coefficient (Wildman–Crippen LogP) is 9.91. The molecule has 4 aromatic carbocycles. The molecule has 10 atom stereocenters. The van der Waals surface area contributed by atoms with Crippen molar-refractivity contribution in [2.75, 3.05) is 32.6 Å². The normalized spacial score (nSPS) is 26.6. The van der Waals surface area contributed by atoms with E-state index in [1.807, 2.05) is 66.8 Å². The Bertz CT molecular complexity index is 3750. The second kappa shape index (κ2) is 32.0. The van der Waals surface area contributed by atoms with Gasteiger partial charge in [0.15, 0.2) is 0 Å². The lowest BCUT2D eigenvalue weighted by Crippen LogP contribution is -2.55. The molecule has 2 aliphatic carbocycles. The number of hydrogen-bond donors (Lipinski definition) is 6. The summed E-state index contributed by atoms with van der Waals surface area (Å²) < 4.78 is 101. The van der Waals surface area contributed by atoms with Crippen LogP contribution in [0, 0.1) is 11.8 Å². The number of aromatic nitrogens is 2. The molecule has 0 radical (unpaired) electrons. The summed E-state index contributed by atoms with van der Waals surface area (Å²) in [5.41, 5.74) is 3.83. The minimum absolute atomic E-state index is 0. The average Bonchev–Trinajstić information content (AvgIpc) is 1.59. The Kier molecular flexibility index (Phi) is 24.7. The molecule has 0 bridgehead atoms. The van der Waals surface area contributed by atoms with Gasteiger partial charge in [-0.15, -0.1) is 0 Å². The van der Waals surface area contributed by atoms with Gasteiger partial charge in [-0.25, -0.2) is 19.6 Å². The van der Waals surface area contributed by atoms with Crippen molar-refractivity contribution >= 4 is 96.9 Å². The highest BCUT2D eigenvalue weighted by atomic mass is 32.1. The van der Waals surface area contributed by atoms with Crippen LogP contribution in [0.25, 0.3) is 20.4 Å². The second-order valence-electron chi connectivity index (χ2n) is 24.4. The number of carbonyl (C=O) groups is 6. The third-order valence-electron chi connectivity index (χ3n) is 17.7. The number of para-hydroxylation sites is 2. The van der Waals surface area contributed by atoms with Crippen LogP contribution in [-0.2, 0) is 50.6 Å². The molecular formula is C68H81BF6N8O12S2. The molecule has 6 heterocycles. The summed E-state index contributed by atoms with van der Waals surface area (Å²) >= 11 is 2.78. The topological polar surface area (TPSA) is 274 Å². The third-order valence-corrected chi connectivity index (χ3v) is 19.6. The molecule has 12 rings (SSSR count). The van der Waals surface area contributed by atoms with Crippen molar-refractivity contribution in [2.24, 2.45) is 17.6 Å². The van der Waals surface area contributed by atoms with Gasteiger partial charge < -0.3 is 60.5 Å². The summed E-state index contributed by atoms with van der Waals surface area (Å²) in [4.78, 5) is 92.7.